The summed E-state index contributed by atoms with van der Waals surface area (Å²) in [5.41, 5.74) is 1.86. The molecule has 0 atom stereocenters. The summed E-state index contributed by atoms with van der Waals surface area (Å²) in [7, 11) is 0. The highest BCUT2D eigenvalue weighted by molar-refractivity contribution is 5.94. The number of piperidine rings is 1. The van der Waals surface area contributed by atoms with Crippen LogP contribution in [0.15, 0.2) is 36.9 Å². The molecular weight excluding hydrogens is 264 g/mol. The number of carbonyl (C=O) groups excluding carboxylic acids is 2. The van der Waals surface area contributed by atoms with Crippen molar-refractivity contribution in [3.63, 3.8) is 0 Å². The number of amides is 2. The monoisotopic (exact) mass is 286 g/mol. The van der Waals surface area contributed by atoms with Gasteiger partial charge in [-0.3, -0.25) is 9.59 Å². The smallest absolute Gasteiger partial charge is 0.253 e. The van der Waals surface area contributed by atoms with Crippen LogP contribution in [0.2, 0.25) is 0 Å². The third-order valence-electron chi connectivity index (χ3n) is 3.87. The number of benzene rings is 1. The normalized spacial score (nSPS) is 15.6. The van der Waals surface area contributed by atoms with Crippen molar-refractivity contribution in [3.8, 4) is 0 Å². The summed E-state index contributed by atoms with van der Waals surface area (Å²) in [5.74, 6) is 0.129. The molecule has 0 bridgehead atoms. The summed E-state index contributed by atoms with van der Waals surface area (Å²) in [5, 5.41) is 2.82. The van der Waals surface area contributed by atoms with Crippen molar-refractivity contribution < 1.29 is 9.59 Å². The largest absolute Gasteiger partial charge is 0.352 e. The van der Waals surface area contributed by atoms with Crippen LogP contribution in [0, 0.1) is 12.8 Å². The fourth-order valence-corrected chi connectivity index (χ4v) is 2.54. The Morgan fingerprint density at radius 1 is 1.29 bits per heavy atom. The van der Waals surface area contributed by atoms with E-state index < -0.39 is 0 Å². The lowest BCUT2D eigenvalue weighted by molar-refractivity contribution is -0.126. The van der Waals surface area contributed by atoms with Crippen molar-refractivity contribution in [3.05, 3.63) is 48.0 Å². The minimum Gasteiger partial charge on any atom is -0.352 e. The number of hydrogen-bond acceptors (Lipinski definition) is 2. The van der Waals surface area contributed by atoms with E-state index in [0.717, 1.165) is 24.0 Å². The van der Waals surface area contributed by atoms with E-state index in [1.165, 1.54) is 0 Å². The summed E-state index contributed by atoms with van der Waals surface area (Å²) < 4.78 is 0. The van der Waals surface area contributed by atoms with Gasteiger partial charge in [0, 0.05) is 31.1 Å². The summed E-state index contributed by atoms with van der Waals surface area (Å²) in [4.78, 5) is 26.1. The molecule has 1 aromatic carbocycles. The third-order valence-corrected chi connectivity index (χ3v) is 3.87. The zero-order chi connectivity index (χ0) is 15.2. The molecule has 1 saturated heterocycles. The summed E-state index contributed by atoms with van der Waals surface area (Å²) in [6.45, 7) is 7.36. The molecule has 0 spiro atoms. The predicted molar refractivity (Wildman–Crippen MR) is 83.0 cm³/mol. The molecule has 0 radical (unpaired) electrons. The average Bonchev–Trinajstić information content (AvgIpc) is 2.53. The molecule has 21 heavy (non-hydrogen) atoms. The van der Waals surface area contributed by atoms with Gasteiger partial charge in [-0.05, 0) is 31.9 Å². The molecule has 112 valence electrons. The van der Waals surface area contributed by atoms with Crippen LogP contribution in [-0.4, -0.2) is 36.3 Å². The Morgan fingerprint density at radius 2 is 1.90 bits per heavy atom. The van der Waals surface area contributed by atoms with E-state index >= 15 is 0 Å². The van der Waals surface area contributed by atoms with Crippen molar-refractivity contribution in [2.24, 2.45) is 5.92 Å². The summed E-state index contributed by atoms with van der Waals surface area (Å²) in [6.07, 6.45) is 3.12. The number of rotatable bonds is 4. The van der Waals surface area contributed by atoms with Gasteiger partial charge >= 0.3 is 0 Å². The number of nitrogens with zero attached hydrogens (tertiary/aromatic N) is 1. The van der Waals surface area contributed by atoms with Crippen molar-refractivity contribution in [2.45, 2.75) is 19.8 Å². The Morgan fingerprint density at radius 3 is 2.48 bits per heavy atom. The van der Waals surface area contributed by atoms with E-state index in [0.29, 0.717) is 19.6 Å². The van der Waals surface area contributed by atoms with Gasteiger partial charge < -0.3 is 10.2 Å². The Labute approximate surface area is 125 Å². The summed E-state index contributed by atoms with van der Waals surface area (Å²) >= 11 is 0. The first-order valence-electron chi connectivity index (χ1n) is 7.36. The van der Waals surface area contributed by atoms with E-state index in [2.05, 4.69) is 11.9 Å². The van der Waals surface area contributed by atoms with Gasteiger partial charge in [0.05, 0.1) is 0 Å². The lowest BCUT2D eigenvalue weighted by atomic mass is 9.95. The molecule has 1 aliphatic rings. The maximum absolute atomic E-state index is 12.4. The van der Waals surface area contributed by atoms with Gasteiger partial charge in [0.25, 0.3) is 5.91 Å². The predicted octanol–water partition coefficient (Wildman–Crippen LogP) is 2.15. The molecule has 1 heterocycles. The van der Waals surface area contributed by atoms with Gasteiger partial charge in [0.15, 0.2) is 0 Å². The highest BCUT2D eigenvalue weighted by atomic mass is 16.2. The van der Waals surface area contributed by atoms with E-state index in [-0.39, 0.29) is 17.7 Å². The zero-order valence-corrected chi connectivity index (χ0v) is 12.5. The fourth-order valence-electron chi connectivity index (χ4n) is 2.54. The molecule has 0 aliphatic carbocycles. The number of aryl methyl sites for hydroxylation is 1. The zero-order valence-electron chi connectivity index (χ0n) is 12.5. The van der Waals surface area contributed by atoms with Crippen molar-refractivity contribution in [1.82, 2.24) is 10.2 Å². The molecule has 4 heteroatoms. The van der Waals surface area contributed by atoms with Crippen LogP contribution < -0.4 is 5.32 Å². The van der Waals surface area contributed by atoms with E-state index in [1.54, 1.807) is 6.08 Å². The molecule has 0 unspecified atom stereocenters. The maximum Gasteiger partial charge on any atom is 0.253 e. The number of hydrogen-bond donors (Lipinski definition) is 1. The van der Waals surface area contributed by atoms with Gasteiger partial charge in [-0.1, -0.05) is 23.8 Å². The first-order valence-corrected chi connectivity index (χ1v) is 7.36. The van der Waals surface area contributed by atoms with Crippen LogP contribution in [0.5, 0.6) is 0 Å². The first-order chi connectivity index (χ1) is 10.1. The molecule has 1 fully saturated rings. The second-order valence-electron chi connectivity index (χ2n) is 5.47. The second kappa shape index (κ2) is 7.07. The molecule has 0 aromatic heterocycles. The van der Waals surface area contributed by atoms with Gasteiger partial charge in [-0.25, -0.2) is 0 Å². The lowest BCUT2D eigenvalue weighted by Gasteiger charge is -2.31. The van der Waals surface area contributed by atoms with E-state index in [9.17, 15) is 9.59 Å². The topological polar surface area (TPSA) is 49.4 Å². The van der Waals surface area contributed by atoms with Crippen LogP contribution in [-0.2, 0) is 4.79 Å². The summed E-state index contributed by atoms with van der Waals surface area (Å²) in [6, 6.07) is 7.62. The van der Waals surface area contributed by atoms with Crippen molar-refractivity contribution in [2.75, 3.05) is 19.6 Å². The number of likely N-dealkylation sites (tertiary alicyclic amines) is 1. The molecule has 0 saturated carbocycles. The average molecular weight is 286 g/mol. The molecule has 2 rings (SSSR count). The molecule has 2 amide bonds. The second-order valence-corrected chi connectivity index (χ2v) is 5.47. The minimum absolute atomic E-state index is 0.00650. The van der Waals surface area contributed by atoms with Crippen molar-refractivity contribution >= 4 is 11.8 Å². The van der Waals surface area contributed by atoms with Crippen molar-refractivity contribution in [1.29, 1.82) is 0 Å². The first kappa shape index (κ1) is 15.3. The lowest BCUT2D eigenvalue weighted by Crippen LogP contribution is -2.43. The standard InChI is InChI=1S/C17H22N2O2/c1-3-10-18-16(20)14-8-11-19(12-9-14)17(21)15-6-4-13(2)5-7-15/h3-7,14H,1,8-12H2,2H3,(H,18,20). The molecular formula is C17H22N2O2. The van der Waals surface area contributed by atoms with Crippen LogP contribution in [0.3, 0.4) is 0 Å². The molecule has 1 N–H and O–H groups in total. The van der Waals surface area contributed by atoms with Crippen LogP contribution >= 0.6 is 0 Å². The Kier molecular flexibility index (Phi) is 5.14. The van der Waals surface area contributed by atoms with Gasteiger partial charge in [0.2, 0.25) is 5.91 Å². The minimum atomic E-state index is 0.00650. The number of nitrogens with one attached hydrogen (secondary N) is 1. The van der Waals surface area contributed by atoms with Crippen LogP contribution in [0.25, 0.3) is 0 Å². The SMILES string of the molecule is C=CCNC(=O)C1CCN(C(=O)c2ccc(C)cc2)CC1. The molecule has 1 aromatic rings. The number of carbonyl (C=O) groups is 2. The Balaban J connectivity index is 1.88. The van der Waals surface area contributed by atoms with Crippen LogP contribution in [0.1, 0.15) is 28.8 Å². The van der Waals surface area contributed by atoms with E-state index in [4.69, 9.17) is 0 Å². The quantitative estimate of drug-likeness (QED) is 0.862. The third kappa shape index (κ3) is 3.94. The van der Waals surface area contributed by atoms with E-state index in [1.807, 2.05) is 36.1 Å². The maximum atomic E-state index is 12.4. The van der Waals surface area contributed by atoms with Gasteiger partial charge in [-0.15, -0.1) is 6.58 Å². The molecule has 4 nitrogen and oxygen atoms in total. The Hall–Kier alpha value is -2.10. The van der Waals surface area contributed by atoms with Crippen LogP contribution in [0.4, 0.5) is 0 Å². The fraction of sp³-hybridized carbons (Fsp3) is 0.412. The van der Waals surface area contributed by atoms with Gasteiger partial charge in [0.1, 0.15) is 0 Å². The Bertz CT molecular complexity index is 514. The highest BCUT2D eigenvalue weighted by Crippen LogP contribution is 2.19. The highest BCUT2D eigenvalue weighted by Gasteiger charge is 2.27. The molecule has 1 aliphatic heterocycles. The van der Waals surface area contributed by atoms with Gasteiger partial charge in [-0.2, -0.15) is 0 Å².